The number of halogens is 3. The fourth-order valence-electron chi connectivity index (χ4n) is 2.46. The van der Waals surface area contributed by atoms with E-state index in [0.29, 0.717) is 23.9 Å². The van der Waals surface area contributed by atoms with Gasteiger partial charge in [-0.3, -0.25) is 19.7 Å². The Kier molecular flexibility index (Phi) is 5.30. The van der Waals surface area contributed by atoms with E-state index in [1.807, 2.05) is 0 Å². The van der Waals surface area contributed by atoms with Crippen LogP contribution in [0.5, 0.6) is 0 Å². The third-order valence-corrected chi connectivity index (χ3v) is 3.80. The molecule has 1 aromatic carbocycles. The molecule has 3 aromatic rings. The topological polar surface area (TPSA) is 93.8 Å². The first-order valence-corrected chi connectivity index (χ1v) is 7.85. The predicted molar refractivity (Wildman–Crippen MR) is 91.2 cm³/mol. The van der Waals surface area contributed by atoms with Crippen molar-refractivity contribution in [1.82, 2.24) is 15.0 Å². The number of benzene rings is 1. The van der Waals surface area contributed by atoms with Gasteiger partial charge in [0.25, 0.3) is 5.91 Å². The first-order valence-electron chi connectivity index (χ1n) is 7.85. The number of hydrogen-bond donors (Lipinski definition) is 2. The minimum absolute atomic E-state index is 0.0371. The number of carbonyl (C=O) groups excluding carboxylic acids is 1. The first kappa shape index (κ1) is 18.3. The van der Waals surface area contributed by atoms with Gasteiger partial charge in [-0.05, 0) is 18.2 Å². The van der Waals surface area contributed by atoms with Gasteiger partial charge in [0, 0.05) is 49.0 Å². The molecule has 0 saturated carbocycles. The number of carbonyl (C=O) groups is 1. The Morgan fingerprint density at radius 3 is 2.52 bits per heavy atom. The van der Waals surface area contributed by atoms with E-state index in [1.54, 1.807) is 6.20 Å². The van der Waals surface area contributed by atoms with E-state index >= 15 is 0 Å². The smallest absolute Gasteiger partial charge is 0.252 e. The van der Waals surface area contributed by atoms with Gasteiger partial charge in [0.05, 0.1) is 16.9 Å². The summed E-state index contributed by atoms with van der Waals surface area (Å²) in [7, 11) is 0. The molecule has 0 aliphatic heterocycles. The van der Waals surface area contributed by atoms with E-state index in [9.17, 15) is 18.0 Å². The summed E-state index contributed by atoms with van der Waals surface area (Å²) in [5, 5.41) is 2.72. The zero-order valence-electron chi connectivity index (χ0n) is 13.9. The van der Waals surface area contributed by atoms with E-state index in [4.69, 9.17) is 5.73 Å². The largest absolute Gasteiger partial charge is 0.380 e. The van der Waals surface area contributed by atoms with Crippen molar-refractivity contribution in [2.75, 3.05) is 5.32 Å². The highest BCUT2D eigenvalue weighted by atomic mass is 19.2. The van der Waals surface area contributed by atoms with Crippen molar-refractivity contribution >= 4 is 11.6 Å². The highest BCUT2D eigenvalue weighted by Gasteiger charge is 2.16. The van der Waals surface area contributed by atoms with Crippen LogP contribution in [0, 0.1) is 17.5 Å². The Hall–Kier alpha value is -3.49. The Labute approximate surface area is 152 Å². The Morgan fingerprint density at radius 2 is 1.81 bits per heavy atom. The molecule has 0 aliphatic rings. The Morgan fingerprint density at radius 1 is 1.04 bits per heavy atom. The summed E-state index contributed by atoms with van der Waals surface area (Å²) in [4.78, 5) is 23.8. The summed E-state index contributed by atoms with van der Waals surface area (Å²) in [6.07, 6.45) is 6.21. The number of anilines is 1. The lowest BCUT2D eigenvalue weighted by Crippen LogP contribution is -2.16. The predicted octanol–water partition coefficient (Wildman–Crippen LogP) is 2.59. The lowest BCUT2D eigenvalue weighted by Gasteiger charge is -2.13. The molecule has 0 spiro atoms. The monoisotopic (exact) mass is 373 g/mol. The summed E-state index contributed by atoms with van der Waals surface area (Å²) >= 11 is 0. The van der Waals surface area contributed by atoms with E-state index in [2.05, 4.69) is 20.3 Å². The summed E-state index contributed by atoms with van der Waals surface area (Å²) in [6.45, 7) is -0.385. The number of rotatable bonds is 6. The van der Waals surface area contributed by atoms with Gasteiger partial charge in [-0.25, -0.2) is 13.2 Å². The van der Waals surface area contributed by atoms with Crippen LogP contribution in [0.15, 0.2) is 43.0 Å². The van der Waals surface area contributed by atoms with Gasteiger partial charge in [0.1, 0.15) is 5.82 Å². The third-order valence-electron chi connectivity index (χ3n) is 3.80. The van der Waals surface area contributed by atoms with Crippen molar-refractivity contribution in [3.05, 3.63) is 83.0 Å². The van der Waals surface area contributed by atoms with Crippen molar-refractivity contribution in [2.24, 2.45) is 5.73 Å². The molecule has 0 unspecified atom stereocenters. The molecule has 0 bridgehead atoms. The fraction of sp³-hybridized carbons (Fsp3) is 0.111. The van der Waals surface area contributed by atoms with Crippen molar-refractivity contribution in [3.63, 3.8) is 0 Å². The van der Waals surface area contributed by atoms with Crippen molar-refractivity contribution in [2.45, 2.75) is 13.0 Å². The number of nitrogens with two attached hydrogens (primary N) is 1. The second-order valence-electron chi connectivity index (χ2n) is 5.63. The van der Waals surface area contributed by atoms with Gasteiger partial charge < -0.3 is 11.1 Å². The number of primary amides is 1. The van der Waals surface area contributed by atoms with E-state index in [0.717, 1.165) is 6.07 Å². The van der Waals surface area contributed by atoms with Gasteiger partial charge in [0.2, 0.25) is 0 Å². The van der Waals surface area contributed by atoms with E-state index < -0.39 is 28.9 Å². The molecule has 6 nitrogen and oxygen atoms in total. The minimum Gasteiger partial charge on any atom is -0.380 e. The van der Waals surface area contributed by atoms with E-state index in [-0.39, 0.29) is 17.8 Å². The van der Waals surface area contributed by atoms with Crippen LogP contribution >= 0.6 is 0 Å². The zero-order chi connectivity index (χ0) is 19.4. The number of amides is 1. The van der Waals surface area contributed by atoms with Crippen LogP contribution in [0.25, 0.3) is 0 Å². The third kappa shape index (κ3) is 4.20. The average Bonchev–Trinajstić information content (AvgIpc) is 2.65. The molecule has 2 heterocycles. The number of hydrogen-bond acceptors (Lipinski definition) is 5. The molecule has 1 amide bonds. The quantitative estimate of drug-likeness (QED) is 0.648. The number of nitrogens with zero attached hydrogens (tertiary/aromatic N) is 3. The molecular weight excluding hydrogens is 359 g/mol. The van der Waals surface area contributed by atoms with Gasteiger partial charge in [-0.1, -0.05) is 0 Å². The molecule has 3 rings (SSSR count). The molecule has 0 saturated heterocycles. The van der Waals surface area contributed by atoms with Gasteiger partial charge in [-0.15, -0.1) is 0 Å². The van der Waals surface area contributed by atoms with Crippen LogP contribution in [0.1, 0.15) is 27.3 Å². The lowest BCUT2D eigenvalue weighted by molar-refractivity contribution is 0.100. The van der Waals surface area contributed by atoms with Crippen LogP contribution in [-0.2, 0) is 13.0 Å². The molecule has 0 aliphatic carbocycles. The van der Waals surface area contributed by atoms with Crippen LogP contribution in [0.3, 0.4) is 0 Å². The summed E-state index contributed by atoms with van der Waals surface area (Å²) < 4.78 is 40.9. The Balaban J connectivity index is 1.88. The minimum atomic E-state index is -1.29. The maximum Gasteiger partial charge on any atom is 0.252 e. The number of pyridine rings is 1. The Bertz CT molecular complexity index is 982. The molecule has 0 atom stereocenters. The first-order chi connectivity index (χ1) is 13.0. The van der Waals surface area contributed by atoms with Gasteiger partial charge in [-0.2, -0.15) is 0 Å². The fourth-order valence-corrected chi connectivity index (χ4v) is 2.46. The molecule has 0 radical (unpaired) electrons. The number of nitrogens with one attached hydrogen (secondary N) is 1. The number of aromatic nitrogens is 3. The standard InChI is InChI=1S/C18H14F3N5O/c19-14-1-2-15(20)17(21)12(14)8-26-16-6-10(25-9-13(16)18(22)27)5-11-7-23-3-4-24-11/h1-4,6-7,9H,5,8H2,(H2,22,27)(H,25,26). The second kappa shape index (κ2) is 7.81. The van der Waals surface area contributed by atoms with Gasteiger partial charge in [0.15, 0.2) is 11.6 Å². The van der Waals surface area contributed by atoms with Crippen LogP contribution in [0.2, 0.25) is 0 Å². The van der Waals surface area contributed by atoms with E-state index in [1.165, 1.54) is 24.7 Å². The molecule has 9 heteroatoms. The van der Waals surface area contributed by atoms with Crippen LogP contribution < -0.4 is 11.1 Å². The van der Waals surface area contributed by atoms with Crippen molar-refractivity contribution < 1.29 is 18.0 Å². The molecular formula is C18H14F3N5O. The molecule has 3 N–H and O–H groups in total. The van der Waals surface area contributed by atoms with Crippen LogP contribution in [0.4, 0.5) is 18.9 Å². The summed E-state index contributed by atoms with van der Waals surface area (Å²) in [5.74, 6) is -4.13. The average molecular weight is 373 g/mol. The summed E-state index contributed by atoms with van der Waals surface area (Å²) in [6, 6.07) is 3.05. The second-order valence-corrected chi connectivity index (χ2v) is 5.63. The lowest BCUT2D eigenvalue weighted by atomic mass is 10.1. The molecule has 0 fully saturated rings. The normalized spacial score (nSPS) is 10.6. The highest BCUT2D eigenvalue weighted by Crippen LogP contribution is 2.21. The maximum absolute atomic E-state index is 13.8. The maximum atomic E-state index is 13.8. The molecule has 138 valence electrons. The van der Waals surface area contributed by atoms with Crippen molar-refractivity contribution in [1.29, 1.82) is 0 Å². The summed E-state index contributed by atoms with van der Waals surface area (Å²) in [5.41, 5.74) is 6.27. The van der Waals surface area contributed by atoms with Crippen LogP contribution in [-0.4, -0.2) is 20.9 Å². The highest BCUT2D eigenvalue weighted by molar-refractivity contribution is 5.98. The molecule has 2 aromatic heterocycles. The van der Waals surface area contributed by atoms with Crippen molar-refractivity contribution in [3.8, 4) is 0 Å². The zero-order valence-corrected chi connectivity index (χ0v) is 13.9. The van der Waals surface area contributed by atoms with Gasteiger partial charge >= 0.3 is 0 Å². The molecule has 27 heavy (non-hydrogen) atoms. The SMILES string of the molecule is NC(=O)c1cnc(Cc2cnccn2)cc1NCc1c(F)ccc(F)c1F.